The Hall–Kier alpha value is -3.16. The van der Waals surface area contributed by atoms with Gasteiger partial charge in [0.2, 0.25) is 5.91 Å². The van der Waals surface area contributed by atoms with Crippen molar-refractivity contribution in [1.29, 1.82) is 0 Å². The monoisotopic (exact) mass is 385 g/mol. The number of hydrogen-bond acceptors (Lipinski definition) is 4. The van der Waals surface area contributed by atoms with E-state index in [1.807, 2.05) is 11.0 Å². The van der Waals surface area contributed by atoms with Crippen LogP contribution in [0.4, 0.5) is 4.39 Å². The topological polar surface area (TPSA) is 70.1 Å². The van der Waals surface area contributed by atoms with Crippen molar-refractivity contribution in [3.05, 3.63) is 54.1 Å². The van der Waals surface area contributed by atoms with Crippen LogP contribution in [-0.2, 0) is 11.3 Å². The lowest BCUT2D eigenvalue weighted by Gasteiger charge is -2.36. The molecule has 1 amide bonds. The SMILES string of the molecule is CN=C(NCc1cc(Oc2ccc(F)cc2)ccn1)N1CCN(C(C)=O)CC1. The van der Waals surface area contributed by atoms with Gasteiger partial charge in [0.05, 0.1) is 12.2 Å². The maximum Gasteiger partial charge on any atom is 0.219 e. The second-order valence-corrected chi connectivity index (χ2v) is 6.43. The van der Waals surface area contributed by atoms with Crippen LogP contribution in [-0.4, -0.2) is 59.9 Å². The summed E-state index contributed by atoms with van der Waals surface area (Å²) in [6.07, 6.45) is 1.67. The molecule has 0 atom stereocenters. The van der Waals surface area contributed by atoms with Crippen LogP contribution in [0.25, 0.3) is 0 Å². The minimum atomic E-state index is -0.303. The molecule has 0 radical (unpaired) electrons. The fraction of sp³-hybridized carbons (Fsp3) is 0.350. The number of benzene rings is 1. The van der Waals surface area contributed by atoms with Crippen molar-refractivity contribution < 1.29 is 13.9 Å². The fourth-order valence-electron chi connectivity index (χ4n) is 2.99. The molecule has 7 nitrogen and oxygen atoms in total. The Morgan fingerprint density at radius 1 is 1.14 bits per heavy atom. The summed E-state index contributed by atoms with van der Waals surface area (Å²) in [5.74, 6) is 1.76. The van der Waals surface area contributed by atoms with Gasteiger partial charge in [-0.25, -0.2) is 4.39 Å². The molecule has 0 bridgehead atoms. The van der Waals surface area contributed by atoms with Crippen LogP contribution >= 0.6 is 0 Å². The van der Waals surface area contributed by atoms with E-state index >= 15 is 0 Å². The molecule has 3 rings (SSSR count). The number of hydrogen-bond donors (Lipinski definition) is 1. The lowest BCUT2D eigenvalue weighted by molar-refractivity contribution is -0.130. The van der Waals surface area contributed by atoms with Gasteiger partial charge in [-0.15, -0.1) is 0 Å². The third kappa shape index (κ3) is 5.18. The van der Waals surface area contributed by atoms with E-state index in [1.54, 1.807) is 38.4 Å². The lowest BCUT2D eigenvalue weighted by atomic mass is 10.3. The van der Waals surface area contributed by atoms with Crippen LogP contribution in [0.5, 0.6) is 11.5 Å². The second kappa shape index (κ2) is 9.16. The molecule has 1 aliphatic rings. The van der Waals surface area contributed by atoms with Crippen molar-refractivity contribution in [2.45, 2.75) is 13.5 Å². The van der Waals surface area contributed by atoms with Crippen molar-refractivity contribution >= 4 is 11.9 Å². The number of piperazine rings is 1. The third-order valence-electron chi connectivity index (χ3n) is 4.50. The maximum absolute atomic E-state index is 13.0. The number of guanidine groups is 1. The zero-order valence-corrected chi connectivity index (χ0v) is 16.1. The molecular formula is C20H24FN5O2. The largest absolute Gasteiger partial charge is 0.457 e. The van der Waals surface area contributed by atoms with Crippen molar-refractivity contribution in [3.63, 3.8) is 0 Å². The highest BCUT2D eigenvalue weighted by atomic mass is 19.1. The van der Waals surface area contributed by atoms with E-state index in [4.69, 9.17) is 4.74 Å². The minimum Gasteiger partial charge on any atom is -0.457 e. The van der Waals surface area contributed by atoms with Gasteiger partial charge < -0.3 is 19.9 Å². The van der Waals surface area contributed by atoms with Gasteiger partial charge in [-0.2, -0.15) is 0 Å². The summed E-state index contributed by atoms with van der Waals surface area (Å²) in [6.45, 7) is 4.93. The highest BCUT2D eigenvalue weighted by Crippen LogP contribution is 2.21. The summed E-state index contributed by atoms with van der Waals surface area (Å²) in [5.41, 5.74) is 0.795. The number of halogens is 1. The molecule has 1 saturated heterocycles. The normalized spacial score (nSPS) is 14.8. The summed E-state index contributed by atoms with van der Waals surface area (Å²) in [5, 5.41) is 3.30. The molecule has 2 heterocycles. The van der Waals surface area contributed by atoms with Gasteiger partial charge in [0.15, 0.2) is 5.96 Å². The molecule has 1 aliphatic heterocycles. The van der Waals surface area contributed by atoms with E-state index in [0.29, 0.717) is 31.1 Å². The highest BCUT2D eigenvalue weighted by molar-refractivity contribution is 5.80. The average molecular weight is 385 g/mol. The van der Waals surface area contributed by atoms with Gasteiger partial charge in [-0.05, 0) is 30.3 Å². The minimum absolute atomic E-state index is 0.102. The number of nitrogens with zero attached hydrogens (tertiary/aromatic N) is 4. The van der Waals surface area contributed by atoms with E-state index in [9.17, 15) is 9.18 Å². The first-order valence-electron chi connectivity index (χ1n) is 9.14. The first-order valence-corrected chi connectivity index (χ1v) is 9.14. The van der Waals surface area contributed by atoms with Crippen molar-refractivity contribution in [2.24, 2.45) is 4.99 Å². The molecule has 0 saturated carbocycles. The number of carbonyl (C=O) groups is 1. The van der Waals surface area contributed by atoms with E-state index in [1.165, 1.54) is 12.1 Å². The van der Waals surface area contributed by atoms with Crippen LogP contribution in [0.3, 0.4) is 0 Å². The number of rotatable bonds is 4. The predicted molar refractivity (Wildman–Crippen MR) is 105 cm³/mol. The average Bonchev–Trinajstić information content (AvgIpc) is 2.71. The molecule has 28 heavy (non-hydrogen) atoms. The quantitative estimate of drug-likeness (QED) is 0.646. The molecule has 1 aromatic heterocycles. The molecule has 1 fully saturated rings. The number of ether oxygens (including phenoxy) is 1. The Kier molecular flexibility index (Phi) is 6.41. The number of nitrogens with one attached hydrogen (secondary N) is 1. The van der Waals surface area contributed by atoms with Crippen LogP contribution in [0.15, 0.2) is 47.6 Å². The lowest BCUT2D eigenvalue weighted by Crippen LogP contribution is -2.53. The Morgan fingerprint density at radius 2 is 1.82 bits per heavy atom. The number of amides is 1. The van der Waals surface area contributed by atoms with Crippen molar-refractivity contribution in [2.75, 3.05) is 33.2 Å². The van der Waals surface area contributed by atoms with E-state index in [0.717, 1.165) is 24.7 Å². The molecule has 148 valence electrons. The first kappa shape index (κ1) is 19.6. The maximum atomic E-state index is 13.0. The van der Waals surface area contributed by atoms with Crippen molar-refractivity contribution in [1.82, 2.24) is 20.1 Å². The first-order chi connectivity index (χ1) is 13.5. The fourth-order valence-corrected chi connectivity index (χ4v) is 2.99. The number of aliphatic imine (C=N–C) groups is 1. The predicted octanol–water partition coefficient (Wildman–Crippen LogP) is 2.25. The van der Waals surface area contributed by atoms with E-state index < -0.39 is 0 Å². The van der Waals surface area contributed by atoms with Gasteiger partial charge in [-0.1, -0.05) is 0 Å². The third-order valence-corrected chi connectivity index (χ3v) is 4.50. The van der Waals surface area contributed by atoms with Gasteiger partial charge in [0, 0.05) is 52.4 Å². The van der Waals surface area contributed by atoms with Crippen LogP contribution < -0.4 is 10.1 Å². The standard InChI is InChI=1S/C20H24FN5O2/c1-15(27)25-9-11-26(12-10-25)20(22-2)24-14-17-13-19(7-8-23-17)28-18-5-3-16(21)4-6-18/h3-8,13H,9-12,14H2,1-2H3,(H,22,24). The van der Waals surface area contributed by atoms with Crippen LogP contribution in [0.1, 0.15) is 12.6 Å². The number of pyridine rings is 1. The Balaban J connectivity index is 1.56. The van der Waals surface area contributed by atoms with Gasteiger partial charge >= 0.3 is 0 Å². The Bertz CT molecular complexity index is 833. The Labute approximate surface area is 163 Å². The van der Waals surface area contributed by atoms with Gasteiger partial charge in [0.1, 0.15) is 17.3 Å². The zero-order chi connectivity index (χ0) is 19.9. The van der Waals surface area contributed by atoms with Crippen molar-refractivity contribution in [3.8, 4) is 11.5 Å². The number of aromatic nitrogens is 1. The van der Waals surface area contributed by atoms with E-state index in [2.05, 4.69) is 20.2 Å². The summed E-state index contributed by atoms with van der Waals surface area (Å²) in [7, 11) is 1.74. The molecule has 2 aromatic rings. The van der Waals surface area contributed by atoms with Gasteiger partial charge in [-0.3, -0.25) is 14.8 Å². The van der Waals surface area contributed by atoms with Gasteiger partial charge in [0.25, 0.3) is 0 Å². The molecule has 0 aliphatic carbocycles. The molecule has 1 N–H and O–H groups in total. The zero-order valence-electron chi connectivity index (χ0n) is 16.1. The second-order valence-electron chi connectivity index (χ2n) is 6.43. The molecule has 0 unspecified atom stereocenters. The van der Waals surface area contributed by atoms with Crippen LogP contribution in [0.2, 0.25) is 0 Å². The van der Waals surface area contributed by atoms with E-state index in [-0.39, 0.29) is 11.7 Å². The smallest absolute Gasteiger partial charge is 0.219 e. The highest BCUT2D eigenvalue weighted by Gasteiger charge is 2.20. The molecule has 0 spiro atoms. The Morgan fingerprint density at radius 3 is 2.46 bits per heavy atom. The summed E-state index contributed by atoms with van der Waals surface area (Å²) in [4.78, 5) is 24.1. The molecule has 1 aromatic carbocycles. The summed E-state index contributed by atoms with van der Waals surface area (Å²) in [6, 6.07) is 9.45. The molecular weight excluding hydrogens is 361 g/mol. The molecule has 8 heteroatoms. The van der Waals surface area contributed by atoms with Crippen LogP contribution in [0, 0.1) is 5.82 Å². The summed E-state index contributed by atoms with van der Waals surface area (Å²) < 4.78 is 18.8. The number of carbonyl (C=O) groups excluding carboxylic acids is 1. The summed E-state index contributed by atoms with van der Waals surface area (Å²) >= 11 is 0.